The Morgan fingerprint density at radius 2 is 2.00 bits per heavy atom. The van der Waals surface area contributed by atoms with E-state index < -0.39 is 16.9 Å². The van der Waals surface area contributed by atoms with Crippen LogP contribution in [0.3, 0.4) is 0 Å². The fraction of sp³-hybridized carbons (Fsp3) is 0.364. The smallest absolute Gasteiger partial charge is 0.311 e. The molecule has 0 bridgehead atoms. The summed E-state index contributed by atoms with van der Waals surface area (Å²) in [6, 6.07) is 10.7. The number of halogens is 1. The number of benzene rings is 2. The van der Waals surface area contributed by atoms with Gasteiger partial charge in [-0.3, -0.25) is 19.7 Å². The van der Waals surface area contributed by atoms with E-state index in [1.807, 2.05) is 31.2 Å². The average Bonchev–Trinajstić information content (AvgIpc) is 2.78. The van der Waals surface area contributed by atoms with Crippen LogP contribution in [-0.4, -0.2) is 47.9 Å². The van der Waals surface area contributed by atoms with Crippen LogP contribution < -0.4 is 14.8 Å². The van der Waals surface area contributed by atoms with E-state index in [1.54, 1.807) is 6.92 Å². The monoisotopic (exact) mass is 507 g/mol. The lowest BCUT2D eigenvalue weighted by Gasteiger charge is -2.28. The van der Waals surface area contributed by atoms with E-state index in [2.05, 4.69) is 21.2 Å². The maximum Gasteiger partial charge on any atom is 0.311 e. The highest BCUT2D eigenvalue weighted by atomic mass is 79.9. The van der Waals surface area contributed by atoms with E-state index in [0.717, 1.165) is 16.5 Å². The highest BCUT2D eigenvalue weighted by molar-refractivity contribution is 9.10. The summed E-state index contributed by atoms with van der Waals surface area (Å²) in [5.41, 5.74) is 0.642. The number of hydrogen-bond donors (Lipinski definition) is 1. The number of methoxy groups -OCH3 is 1. The van der Waals surface area contributed by atoms with Crippen LogP contribution in [0.1, 0.15) is 25.8 Å². The van der Waals surface area contributed by atoms with Gasteiger partial charge in [-0.2, -0.15) is 0 Å². The van der Waals surface area contributed by atoms with E-state index >= 15 is 0 Å². The van der Waals surface area contributed by atoms with Crippen LogP contribution in [0, 0.1) is 10.1 Å². The van der Waals surface area contributed by atoms with Gasteiger partial charge in [0.15, 0.2) is 6.61 Å². The van der Waals surface area contributed by atoms with Gasteiger partial charge in [0.05, 0.1) is 12.0 Å². The number of hydrogen-bond acceptors (Lipinski definition) is 6. The first-order valence-corrected chi connectivity index (χ1v) is 10.8. The SMILES string of the molecule is CCCNC(=O)[C@H](C)N(Cc1cccc(Br)c1)C(=O)COc1ccc([N+](=O)[O-])c(OC)c1. The minimum absolute atomic E-state index is 0.0262. The van der Waals surface area contributed by atoms with Crippen molar-refractivity contribution in [3.8, 4) is 11.5 Å². The third kappa shape index (κ3) is 6.94. The molecular formula is C22H26BrN3O6. The van der Waals surface area contributed by atoms with Crippen LogP contribution in [0.2, 0.25) is 0 Å². The van der Waals surface area contributed by atoms with Crippen molar-refractivity contribution in [2.75, 3.05) is 20.3 Å². The molecule has 0 saturated carbocycles. The van der Waals surface area contributed by atoms with Crippen molar-refractivity contribution in [1.82, 2.24) is 10.2 Å². The molecule has 32 heavy (non-hydrogen) atoms. The molecule has 0 aliphatic heterocycles. The molecule has 0 unspecified atom stereocenters. The van der Waals surface area contributed by atoms with Crippen molar-refractivity contribution in [2.45, 2.75) is 32.9 Å². The predicted molar refractivity (Wildman–Crippen MR) is 123 cm³/mol. The van der Waals surface area contributed by atoms with Gasteiger partial charge in [0.2, 0.25) is 11.7 Å². The molecule has 1 atom stereocenters. The van der Waals surface area contributed by atoms with Gasteiger partial charge in [-0.1, -0.05) is 35.0 Å². The first-order valence-electron chi connectivity index (χ1n) is 10.0. The zero-order chi connectivity index (χ0) is 23.7. The van der Waals surface area contributed by atoms with E-state index in [4.69, 9.17) is 9.47 Å². The lowest BCUT2D eigenvalue weighted by atomic mass is 10.1. The molecule has 0 aliphatic rings. The number of nitrogens with one attached hydrogen (secondary N) is 1. The number of nitro groups is 1. The van der Waals surface area contributed by atoms with Crippen LogP contribution >= 0.6 is 15.9 Å². The van der Waals surface area contributed by atoms with Gasteiger partial charge in [-0.25, -0.2) is 0 Å². The number of rotatable bonds is 11. The quantitative estimate of drug-likeness (QED) is 0.366. The van der Waals surface area contributed by atoms with Crippen molar-refractivity contribution in [3.63, 3.8) is 0 Å². The molecule has 0 aromatic heterocycles. The Morgan fingerprint density at radius 3 is 2.62 bits per heavy atom. The van der Waals surface area contributed by atoms with Crippen molar-refractivity contribution in [3.05, 3.63) is 62.6 Å². The summed E-state index contributed by atoms with van der Waals surface area (Å²) in [7, 11) is 1.31. The second-order valence-electron chi connectivity index (χ2n) is 7.00. The van der Waals surface area contributed by atoms with E-state index in [0.29, 0.717) is 6.54 Å². The zero-order valence-electron chi connectivity index (χ0n) is 18.2. The largest absolute Gasteiger partial charge is 0.490 e. The molecule has 0 heterocycles. The highest BCUT2D eigenvalue weighted by Gasteiger charge is 2.26. The average molecular weight is 508 g/mol. The Bertz CT molecular complexity index is 968. The molecule has 2 amide bonds. The number of carbonyl (C=O) groups excluding carboxylic acids is 2. The first kappa shape index (κ1) is 25.1. The normalized spacial score (nSPS) is 11.4. The van der Waals surface area contributed by atoms with Crippen molar-refractivity contribution in [1.29, 1.82) is 0 Å². The molecule has 2 aromatic rings. The summed E-state index contributed by atoms with van der Waals surface area (Å²) in [6.45, 7) is 3.99. The van der Waals surface area contributed by atoms with Crippen molar-refractivity contribution < 1.29 is 24.0 Å². The topological polar surface area (TPSA) is 111 Å². The van der Waals surface area contributed by atoms with Crippen LogP contribution in [0.25, 0.3) is 0 Å². The van der Waals surface area contributed by atoms with Crippen LogP contribution in [0.15, 0.2) is 46.9 Å². The predicted octanol–water partition coefficient (Wildman–Crippen LogP) is 3.69. The maximum atomic E-state index is 13.0. The molecule has 0 saturated heterocycles. The summed E-state index contributed by atoms with van der Waals surface area (Å²) < 4.78 is 11.4. The van der Waals surface area contributed by atoms with Gasteiger partial charge in [0.1, 0.15) is 11.8 Å². The summed E-state index contributed by atoms with van der Waals surface area (Å²) in [6.07, 6.45) is 0.781. The summed E-state index contributed by atoms with van der Waals surface area (Å²) >= 11 is 3.41. The molecule has 2 aromatic carbocycles. The molecule has 2 rings (SSSR count). The minimum Gasteiger partial charge on any atom is -0.490 e. The Balaban J connectivity index is 2.18. The molecule has 10 heteroatoms. The third-order valence-corrected chi connectivity index (χ3v) is 5.16. The second-order valence-corrected chi connectivity index (χ2v) is 7.91. The first-order chi connectivity index (χ1) is 15.3. The Morgan fingerprint density at radius 1 is 1.25 bits per heavy atom. The molecule has 0 aliphatic carbocycles. The summed E-state index contributed by atoms with van der Waals surface area (Å²) in [4.78, 5) is 37.5. The van der Waals surface area contributed by atoms with Gasteiger partial charge < -0.3 is 19.7 Å². The Labute approximate surface area is 195 Å². The Hall–Kier alpha value is -3.14. The summed E-state index contributed by atoms with van der Waals surface area (Å²) in [5.74, 6) is -0.391. The number of nitro benzene ring substituents is 1. The highest BCUT2D eigenvalue weighted by Crippen LogP contribution is 2.30. The van der Waals surface area contributed by atoms with Crippen molar-refractivity contribution in [2.24, 2.45) is 0 Å². The second kappa shape index (κ2) is 12.0. The van der Waals surface area contributed by atoms with Crippen LogP contribution in [-0.2, 0) is 16.1 Å². The zero-order valence-corrected chi connectivity index (χ0v) is 19.8. The van der Waals surface area contributed by atoms with Gasteiger partial charge in [0.25, 0.3) is 5.91 Å². The third-order valence-electron chi connectivity index (χ3n) is 4.67. The Kier molecular flexibility index (Phi) is 9.45. The van der Waals surface area contributed by atoms with E-state index in [-0.39, 0.29) is 36.2 Å². The summed E-state index contributed by atoms with van der Waals surface area (Å²) in [5, 5.41) is 13.8. The number of nitrogens with zero attached hydrogens (tertiary/aromatic N) is 2. The molecule has 172 valence electrons. The van der Waals surface area contributed by atoms with Gasteiger partial charge in [-0.15, -0.1) is 0 Å². The molecule has 9 nitrogen and oxygen atoms in total. The van der Waals surface area contributed by atoms with E-state index in [9.17, 15) is 19.7 Å². The molecular weight excluding hydrogens is 482 g/mol. The lowest BCUT2D eigenvalue weighted by Crippen LogP contribution is -2.49. The van der Waals surface area contributed by atoms with Crippen LogP contribution in [0.4, 0.5) is 5.69 Å². The molecule has 1 N–H and O–H groups in total. The van der Waals surface area contributed by atoms with Gasteiger partial charge in [-0.05, 0) is 37.1 Å². The molecule has 0 fully saturated rings. The van der Waals surface area contributed by atoms with E-state index in [1.165, 1.54) is 30.2 Å². The number of amides is 2. The van der Waals surface area contributed by atoms with Crippen LogP contribution in [0.5, 0.6) is 11.5 Å². The fourth-order valence-electron chi connectivity index (χ4n) is 2.94. The van der Waals surface area contributed by atoms with Gasteiger partial charge in [0, 0.05) is 29.7 Å². The molecule has 0 radical (unpaired) electrons. The number of carbonyl (C=O) groups is 2. The van der Waals surface area contributed by atoms with Gasteiger partial charge >= 0.3 is 5.69 Å². The van der Waals surface area contributed by atoms with Crippen molar-refractivity contribution >= 4 is 33.4 Å². The molecule has 0 spiro atoms. The minimum atomic E-state index is -0.719. The number of ether oxygens (including phenoxy) is 2. The standard InChI is InChI=1S/C22H26BrN3O6/c1-4-10-24-22(28)15(2)25(13-16-6-5-7-17(23)11-16)21(27)14-32-18-8-9-19(26(29)30)20(12-18)31-3/h5-9,11-12,15H,4,10,13-14H2,1-3H3,(H,24,28)/t15-/m0/s1. The fourth-order valence-corrected chi connectivity index (χ4v) is 3.38. The lowest BCUT2D eigenvalue weighted by molar-refractivity contribution is -0.385. The maximum absolute atomic E-state index is 13.0.